The summed E-state index contributed by atoms with van der Waals surface area (Å²) in [5.74, 6) is 1.25. The second kappa shape index (κ2) is 6.32. The van der Waals surface area contributed by atoms with E-state index in [1.807, 2.05) is 5.51 Å². The Bertz CT molecular complexity index is 445. The molecule has 6 heteroatoms. The lowest BCUT2D eigenvalue weighted by Crippen LogP contribution is -2.58. The van der Waals surface area contributed by atoms with Gasteiger partial charge in [-0.25, -0.2) is 4.98 Å². The highest BCUT2D eigenvalue weighted by atomic mass is 32.2. The molecule has 3 rings (SSSR count). The number of thioether (sulfide) groups is 1. The summed E-state index contributed by atoms with van der Waals surface area (Å²) in [6, 6.07) is 0.669. The molecule has 4 nitrogen and oxygen atoms in total. The van der Waals surface area contributed by atoms with Crippen LogP contribution in [0.15, 0.2) is 5.51 Å². The number of thiazole rings is 1. The maximum absolute atomic E-state index is 5.10. The van der Waals surface area contributed by atoms with E-state index in [0.717, 1.165) is 19.7 Å². The van der Waals surface area contributed by atoms with Crippen LogP contribution in [0.3, 0.4) is 0 Å². The number of methoxy groups -OCH3 is 1. The molecule has 20 heavy (non-hydrogen) atoms. The zero-order valence-electron chi connectivity index (χ0n) is 12.2. The van der Waals surface area contributed by atoms with E-state index in [1.54, 1.807) is 18.4 Å². The summed E-state index contributed by atoms with van der Waals surface area (Å²) in [5, 5.41) is 3.60. The van der Waals surface area contributed by atoms with E-state index in [2.05, 4.69) is 33.9 Å². The van der Waals surface area contributed by atoms with Gasteiger partial charge in [-0.3, -0.25) is 4.90 Å². The molecule has 0 bridgehead atoms. The smallest absolute Gasteiger partial charge is 0.0798 e. The summed E-state index contributed by atoms with van der Waals surface area (Å²) < 4.78 is 5.62. The Hall–Kier alpha value is -0.140. The highest BCUT2D eigenvalue weighted by molar-refractivity contribution is 8.01. The van der Waals surface area contributed by atoms with E-state index in [-0.39, 0.29) is 0 Å². The van der Waals surface area contributed by atoms with Gasteiger partial charge in [0.15, 0.2) is 0 Å². The Morgan fingerprint density at radius 2 is 2.40 bits per heavy atom. The quantitative estimate of drug-likeness (QED) is 0.810. The van der Waals surface area contributed by atoms with Crippen molar-refractivity contribution >= 4 is 23.1 Å². The standard InChI is InChI=1S/C14H23N3OS2/c1-11-13(19-10-16-11)6-17-8-14(9-17)5-12(7-20-14)15-3-4-18-2/h10,12,15H,3-9H2,1-2H3. The molecule has 2 aliphatic heterocycles. The lowest BCUT2D eigenvalue weighted by molar-refractivity contribution is 0.112. The van der Waals surface area contributed by atoms with E-state index >= 15 is 0 Å². The van der Waals surface area contributed by atoms with Crippen LogP contribution < -0.4 is 5.32 Å². The molecule has 1 unspecified atom stereocenters. The summed E-state index contributed by atoms with van der Waals surface area (Å²) in [4.78, 5) is 8.32. The van der Waals surface area contributed by atoms with Crippen molar-refractivity contribution in [2.75, 3.05) is 39.1 Å². The van der Waals surface area contributed by atoms with Gasteiger partial charge in [0.1, 0.15) is 0 Å². The van der Waals surface area contributed by atoms with Gasteiger partial charge in [0.25, 0.3) is 0 Å². The number of hydrogen-bond donors (Lipinski definition) is 1. The molecule has 1 aromatic heterocycles. The summed E-state index contributed by atoms with van der Waals surface area (Å²) >= 11 is 3.95. The summed E-state index contributed by atoms with van der Waals surface area (Å²) in [5.41, 5.74) is 3.16. The normalized spacial score (nSPS) is 25.2. The number of aromatic nitrogens is 1. The lowest BCUT2D eigenvalue weighted by atomic mass is 9.92. The maximum Gasteiger partial charge on any atom is 0.0798 e. The molecule has 0 radical (unpaired) electrons. The molecule has 1 spiro atoms. The Balaban J connectivity index is 1.42. The van der Waals surface area contributed by atoms with E-state index in [4.69, 9.17) is 4.74 Å². The predicted octanol–water partition coefficient (Wildman–Crippen LogP) is 1.75. The number of nitrogens with zero attached hydrogens (tertiary/aromatic N) is 2. The highest BCUT2D eigenvalue weighted by Crippen LogP contribution is 2.45. The van der Waals surface area contributed by atoms with Gasteiger partial charge in [-0.2, -0.15) is 11.8 Å². The molecular weight excluding hydrogens is 290 g/mol. The van der Waals surface area contributed by atoms with Crippen LogP contribution in [0.5, 0.6) is 0 Å². The SMILES string of the molecule is COCCNC1CSC2(C1)CN(Cc1scnc1C)C2. The largest absolute Gasteiger partial charge is 0.383 e. The lowest BCUT2D eigenvalue weighted by Gasteiger charge is -2.47. The summed E-state index contributed by atoms with van der Waals surface area (Å²) in [6.07, 6.45) is 1.31. The second-order valence-electron chi connectivity index (χ2n) is 5.85. The van der Waals surface area contributed by atoms with Gasteiger partial charge in [-0.05, 0) is 13.3 Å². The van der Waals surface area contributed by atoms with Crippen molar-refractivity contribution in [1.82, 2.24) is 15.2 Å². The fraction of sp³-hybridized carbons (Fsp3) is 0.786. The van der Waals surface area contributed by atoms with Crippen molar-refractivity contribution in [3.05, 3.63) is 16.1 Å². The molecule has 0 amide bonds. The first-order valence-corrected chi connectivity index (χ1v) is 9.05. The van der Waals surface area contributed by atoms with Gasteiger partial charge in [0, 0.05) is 54.7 Å². The van der Waals surface area contributed by atoms with Gasteiger partial charge < -0.3 is 10.1 Å². The highest BCUT2D eigenvalue weighted by Gasteiger charge is 2.48. The molecule has 3 heterocycles. The topological polar surface area (TPSA) is 37.4 Å². The molecule has 1 atom stereocenters. The van der Waals surface area contributed by atoms with Crippen LogP contribution in [0.25, 0.3) is 0 Å². The Kier molecular flexibility index (Phi) is 4.67. The Labute approximate surface area is 129 Å². The van der Waals surface area contributed by atoms with E-state index in [0.29, 0.717) is 10.8 Å². The molecule has 0 saturated carbocycles. The fourth-order valence-electron chi connectivity index (χ4n) is 3.12. The average molecular weight is 313 g/mol. The van der Waals surface area contributed by atoms with Crippen LogP contribution in [-0.4, -0.2) is 59.8 Å². The van der Waals surface area contributed by atoms with Gasteiger partial charge >= 0.3 is 0 Å². The van der Waals surface area contributed by atoms with Crippen molar-refractivity contribution in [2.24, 2.45) is 0 Å². The summed E-state index contributed by atoms with van der Waals surface area (Å²) in [7, 11) is 1.76. The molecule has 2 fully saturated rings. The van der Waals surface area contributed by atoms with E-state index in [9.17, 15) is 0 Å². The number of ether oxygens (including phenoxy) is 1. The monoisotopic (exact) mass is 313 g/mol. The van der Waals surface area contributed by atoms with E-state index < -0.39 is 0 Å². The van der Waals surface area contributed by atoms with Crippen molar-refractivity contribution in [1.29, 1.82) is 0 Å². The Morgan fingerprint density at radius 1 is 1.55 bits per heavy atom. The third kappa shape index (κ3) is 3.20. The van der Waals surface area contributed by atoms with Crippen LogP contribution in [0.2, 0.25) is 0 Å². The number of aryl methyl sites for hydroxylation is 1. The zero-order valence-corrected chi connectivity index (χ0v) is 13.9. The molecule has 112 valence electrons. The fourth-order valence-corrected chi connectivity index (χ4v) is 5.60. The number of nitrogens with one attached hydrogen (secondary N) is 1. The minimum absolute atomic E-state index is 0.517. The van der Waals surface area contributed by atoms with Crippen LogP contribution >= 0.6 is 23.1 Å². The van der Waals surface area contributed by atoms with E-state index in [1.165, 1.54) is 35.8 Å². The number of hydrogen-bond acceptors (Lipinski definition) is 6. The third-order valence-corrected chi connectivity index (χ3v) is 6.71. The van der Waals surface area contributed by atoms with Crippen LogP contribution in [0.1, 0.15) is 17.0 Å². The number of rotatable bonds is 6. The van der Waals surface area contributed by atoms with Crippen LogP contribution in [0.4, 0.5) is 0 Å². The van der Waals surface area contributed by atoms with Crippen molar-refractivity contribution < 1.29 is 4.74 Å². The second-order valence-corrected chi connectivity index (χ2v) is 8.28. The van der Waals surface area contributed by atoms with Gasteiger partial charge in [0.05, 0.1) is 17.8 Å². The molecule has 0 aliphatic carbocycles. The van der Waals surface area contributed by atoms with Crippen molar-refractivity contribution in [3.8, 4) is 0 Å². The van der Waals surface area contributed by atoms with Crippen molar-refractivity contribution in [2.45, 2.75) is 30.7 Å². The first kappa shape index (κ1) is 14.8. The van der Waals surface area contributed by atoms with Crippen molar-refractivity contribution in [3.63, 3.8) is 0 Å². The molecule has 1 aromatic rings. The third-order valence-electron chi connectivity index (χ3n) is 4.18. The van der Waals surface area contributed by atoms with Gasteiger partial charge in [0.2, 0.25) is 0 Å². The maximum atomic E-state index is 5.10. The molecule has 1 N–H and O–H groups in total. The molecular formula is C14H23N3OS2. The van der Waals surface area contributed by atoms with Crippen LogP contribution in [0, 0.1) is 6.92 Å². The minimum atomic E-state index is 0.517. The summed E-state index contributed by atoms with van der Waals surface area (Å²) in [6.45, 7) is 7.45. The zero-order chi connectivity index (χ0) is 14.0. The average Bonchev–Trinajstić information content (AvgIpc) is 2.98. The predicted molar refractivity (Wildman–Crippen MR) is 85.6 cm³/mol. The van der Waals surface area contributed by atoms with Gasteiger partial charge in [-0.15, -0.1) is 11.3 Å². The van der Waals surface area contributed by atoms with Crippen LogP contribution in [-0.2, 0) is 11.3 Å². The first-order chi connectivity index (χ1) is 9.71. The molecule has 2 aliphatic rings. The van der Waals surface area contributed by atoms with Gasteiger partial charge in [-0.1, -0.05) is 0 Å². The molecule has 2 saturated heterocycles. The Morgan fingerprint density at radius 3 is 3.10 bits per heavy atom. The number of likely N-dealkylation sites (tertiary alicyclic amines) is 1. The molecule has 0 aromatic carbocycles. The first-order valence-electron chi connectivity index (χ1n) is 7.18. The minimum Gasteiger partial charge on any atom is -0.383 e.